The first-order valence-electron chi connectivity index (χ1n) is 12.6. The van der Waals surface area contributed by atoms with Gasteiger partial charge in [-0.25, -0.2) is 0 Å². The summed E-state index contributed by atoms with van der Waals surface area (Å²) in [6, 6.07) is 10.9. The molecule has 0 spiro atoms. The number of para-hydroxylation sites is 1. The Labute approximate surface area is 202 Å². The maximum atomic E-state index is 5.58. The Balaban J connectivity index is 1.91. The number of benzene rings is 1. The number of nitrogens with zero attached hydrogens (tertiary/aromatic N) is 1. The summed E-state index contributed by atoms with van der Waals surface area (Å²) in [5.74, 6) is 0. The summed E-state index contributed by atoms with van der Waals surface area (Å²) in [6.45, 7) is 0. The van der Waals surface area contributed by atoms with Crippen molar-refractivity contribution in [2.75, 3.05) is 6.26 Å². The number of aliphatic imine (C=N–C) groups is 1. The second kappa shape index (κ2) is 10.6. The van der Waals surface area contributed by atoms with Crippen LogP contribution in [0.2, 0.25) is 0 Å². The zero-order valence-electron chi connectivity index (χ0n) is 18.9. The molecule has 0 unspecified atom stereocenters. The third kappa shape index (κ3) is 4.30. The van der Waals surface area contributed by atoms with Crippen LogP contribution in [0.1, 0.15) is 96.3 Å². The van der Waals surface area contributed by atoms with E-state index < -0.39 is 4.25 Å². The number of hydrogen-bond donors (Lipinski definition) is 0. The molecule has 1 aromatic rings. The molecule has 3 fully saturated rings. The van der Waals surface area contributed by atoms with Crippen LogP contribution in [-0.4, -0.2) is 28.0 Å². The van der Waals surface area contributed by atoms with E-state index in [0.29, 0.717) is 0 Å². The van der Waals surface area contributed by atoms with Crippen molar-refractivity contribution in [2.24, 2.45) is 4.99 Å². The molecular formula is C26H41INPS. The molecule has 0 N–H and O–H groups in total. The van der Waals surface area contributed by atoms with E-state index in [1.54, 1.807) is 4.78 Å². The molecule has 4 heteroatoms. The minimum absolute atomic E-state index is 0.923. The molecule has 0 aliphatic heterocycles. The molecule has 0 aromatic heterocycles. The average Bonchev–Trinajstić information content (AvgIpc) is 2.84. The molecule has 0 amide bonds. The predicted molar refractivity (Wildman–Crippen MR) is 149 cm³/mol. The van der Waals surface area contributed by atoms with Gasteiger partial charge in [0.15, 0.2) is 0 Å². The summed E-state index contributed by atoms with van der Waals surface area (Å²) in [6.07, 6.45) is 24.3. The van der Waals surface area contributed by atoms with Gasteiger partial charge in [-0.3, -0.25) is 0 Å². The van der Waals surface area contributed by atoms with E-state index in [1.807, 2.05) is 0 Å². The van der Waals surface area contributed by atoms with Crippen molar-refractivity contribution >= 4 is 48.5 Å². The van der Waals surface area contributed by atoms with Gasteiger partial charge in [-0.15, -0.1) is 0 Å². The van der Waals surface area contributed by atoms with E-state index in [9.17, 15) is 0 Å². The van der Waals surface area contributed by atoms with Crippen LogP contribution in [-0.2, 0) is 0 Å². The van der Waals surface area contributed by atoms with Crippen LogP contribution in [0.25, 0.3) is 0 Å². The Morgan fingerprint density at radius 2 is 1.13 bits per heavy atom. The van der Waals surface area contributed by atoms with Crippen molar-refractivity contribution in [3.63, 3.8) is 0 Å². The molecule has 3 saturated carbocycles. The number of rotatable bonds is 5. The van der Waals surface area contributed by atoms with Gasteiger partial charge in [-0.2, -0.15) is 0 Å². The number of hydrogen-bond acceptors (Lipinski definition) is 2. The molecular weight excluding hydrogens is 516 g/mol. The van der Waals surface area contributed by atoms with Crippen LogP contribution in [0.3, 0.4) is 0 Å². The monoisotopic (exact) mass is 557 g/mol. The maximum absolute atomic E-state index is 5.58. The quantitative estimate of drug-likeness (QED) is 0.152. The molecule has 0 radical (unpaired) electrons. The minimum atomic E-state index is -2.24. The summed E-state index contributed by atoms with van der Waals surface area (Å²) >= 11 is 5.29. The Hall–Kier alpha value is 0.400. The van der Waals surface area contributed by atoms with Gasteiger partial charge in [-0.1, -0.05) is 0 Å². The third-order valence-electron chi connectivity index (χ3n) is 8.52. The van der Waals surface area contributed by atoms with E-state index in [2.05, 4.69) is 70.4 Å². The van der Waals surface area contributed by atoms with Crippen molar-refractivity contribution in [1.82, 2.24) is 0 Å². The first-order chi connectivity index (χ1) is 14.7. The molecule has 4 rings (SSSR count). The fourth-order valence-electron chi connectivity index (χ4n) is 7.14. The fraction of sp³-hybridized carbons (Fsp3) is 0.731. The van der Waals surface area contributed by atoms with Crippen molar-refractivity contribution in [1.29, 1.82) is 0 Å². The summed E-state index contributed by atoms with van der Waals surface area (Å²) in [4.78, 5) is 7.19. The number of thioether (sulfide) groups is 1. The van der Waals surface area contributed by atoms with Gasteiger partial charge in [0.25, 0.3) is 0 Å². The molecule has 3 aliphatic rings. The van der Waals surface area contributed by atoms with E-state index in [0.717, 1.165) is 17.0 Å². The van der Waals surface area contributed by atoms with E-state index in [4.69, 9.17) is 4.99 Å². The fourth-order valence-corrected chi connectivity index (χ4v) is 24.6. The Morgan fingerprint density at radius 3 is 1.50 bits per heavy atom. The van der Waals surface area contributed by atoms with E-state index >= 15 is 0 Å². The van der Waals surface area contributed by atoms with Crippen LogP contribution < -0.4 is 0 Å². The molecule has 0 heterocycles. The van der Waals surface area contributed by atoms with Crippen LogP contribution >= 0.6 is 38.0 Å². The van der Waals surface area contributed by atoms with Crippen molar-refractivity contribution in [3.05, 3.63) is 30.3 Å². The van der Waals surface area contributed by atoms with Crippen LogP contribution in [0.5, 0.6) is 0 Å². The first-order valence-corrected chi connectivity index (χ1v) is 19.0. The molecule has 0 bridgehead atoms. The summed E-state index contributed by atoms with van der Waals surface area (Å²) in [7, 11) is 0. The van der Waals surface area contributed by atoms with E-state index in [1.165, 1.54) is 102 Å². The molecule has 0 atom stereocenters. The summed E-state index contributed by atoms with van der Waals surface area (Å²) in [5, 5.41) is 0. The SMILES string of the molecule is CSC(=Nc1ccccc1)P(I)(C1CCCCC1)(C1CCCCC1)C1CCCCC1. The van der Waals surface area contributed by atoms with Gasteiger partial charge in [0.05, 0.1) is 0 Å². The van der Waals surface area contributed by atoms with Crippen LogP contribution in [0, 0.1) is 0 Å². The summed E-state index contributed by atoms with van der Waals surface area (Å²) in [5.41, 5.74) is 3.96. The van der Waals surface area contributed by atoms with Gasteiger partial charge in [0.1, 0.15) is 0 Å². The van der Waals surface area contributed by atoms with Crippen molar-refractivity contribution in [2.45, 2.75) is 113 Å². The Bertz CT molecular complexity index is 655. The van der Waals surface area contributed by atoms with Gasteiger partial charge in [0, 0.05) is 0 Å². The molecule has 30 heavy (non-hydrogen) atoms. The van der Waals surface area contributed by atoms with Crippen molar-refractivity contribution < 1.29 is 0 Å². The standard InChI is InChI=1S/C26H41INPS/c1-30-26(28-22-14-6-2-7-15-22)29(27,23-16-8-3-9-17-23,24-18-10-4-11-19-24)25-20-12-5-13-21-25/h2,6-7,14-15,23-25H,3-5,8-13,16-21H2,1H3. The van der Waals surface area contributed by atoms with Gasteiger partial charge in [0.2, 0.25) is 0 Å². The Kier molecular flexibility index (Phi) is 8.29. The molecule has 0 saturated heterocycles. The Morgan fingerprint density at radius 1 is 0.733 bits per heavy atom. The van der Waals surface area contributed by atoms with Crippen LogP contribution in [0.15, 0.2) is 35.3 Å². The molecule has 168 valence electrons. The first kappa shape index (κ1) is 23.6. The van der Waals surface area contributed by atoms with Crippen molar-refractivity contribution in [3.8, 4) is 0 Å². The zero-order chi connectivity index (χ0) is 20.9. The number of halogens is 1. The average molecular weight is 558 g/mol. The predicted octanol–water partition coefficient (Wildman–Crippen LogP) is 9.94. The normalized spacial score (nSPS) is 25.0. The molecule has 3 aliphatic carbocycles. The third-order valence-corrected chi connectivity index (χ3v) is 27.1. The van der Waals surface area contributed by atoms with Gasteiger partial charge in [-0.05, 0) is 0 Å². The second-order valence-corrected chi connectivity index (χ2v) is 22.6. The van der Waals surface area contributed by atoms with E-state index in [-0.39, 0.29) is 0 Å². The second-order valence-electron chi connectivity index (χ2n) is 10.0. The topological polar surface area (TPSA) is 12.4 Å². The van der Waals surface area contributed by atoms with Gasteiger partial charge < -0.3 is 0 Å². The van der Waals surface area contributed by atoms with Gasteiger partial charge >= 0.3 is 203 Å². The molecule has 1 aromatic carbocycles. The molecule has 1 nitrogen and oxygen atoms in total. The summed E-state index contributed by atoms with van der Waals surface area (Å²) < 4.78 is -2.24. The van der Waals surface area contributed by atoms with Crippen LogP contribution in [0.4, 0.5) is 5.69 Å². The zero-order valence-corrected chi connectivity index (χ0v) is 22.8.